The Labute approximate surface area is 72.2 Å². The summed E-state index contributed by atoms with van der Waals surface area (Å²) in [5.74, 6) is 5.62. The second kappa shape index (κ2) is 3.30. The van der Waals surface area contributed by atoms with Crippen LogP contribution in [0.15, 0.2) is 11.6 Å². The second-order valence-electron chi connectivity index (χ2n) is 3.23. The van der Waals surface area contributed by atoms with Gasteiger partial charge < -0.3 is 9.84 Å². The van der Waals surface area contributed by atoms with Crippen LogP contribution in [0, 0.1) is 11.8 Å². The lowest BCUT2D eigenvalue weighted by Gasteiger charge is -2.16. The zero-order valence-electron chi connectivity index (χ0n) is 6.92. The molecule has 0 saturated carbocycles. The zero-order chi connectivity index (χ0) is 8.39. The van der Waals surface area contributed by atoms with Gasteiger partial charge in [-0.25, -0.2) is 0 Å². The largest absolute Gasteiger partial charge is 0.384 e. The molecule has 2 nitrogen and oxygen atoms in total. The summed E-state index contributed by atoms with van der Waals surface area (Å²) in [5.41, 5.74) is 1.14. The van der Waals surface area contributed by atoms with Crippen LogP contribution in [0.5, 0.6) is 0 Å². The molecule has 2 heterocycles. The van der Waals surface area contributed by atoms with Gasteiger partial charge in [0.05, 0.1) is 12.2 Å². The van der Waals surface area contributed by atoms with Gasteiger partial charge in [-0.05, 0) is 18.9 Å². The molecule has 2 atom stereocenters. The quantitative estimate of drug-likeness (QED) is 0.538. The molecule has 12 heavy (non-hydrogen) atoms. The first-order valence-electron chi connectivity index (χ1n) is 4.34. The van der Waals surface area contributed by atoms with Crippen molar-refractivity contribution in [3.05, 3.63) is 11.6 Å². The minimum atomic E-state index is -0.0481. The monoisotopic (exact) mass is 164 g/mol. The molecule has 1 fully saturated rings. The Balaban J connectivity index is 2.08. The highest BCUT2D eigenvalue weighted by Crippen LogP contribution is 2.30. The number of ether oxygens (including phenoxy) is 1. The fraction of sp³-hybridized carbons (Fsp3) is 0.600. The van der Waals surface area contributed by atoms with Crippen molar-refractivity contribution < 1.29 is 9.84 Å². The van der Waals surface area contributed by atoms with Crippen molar-refractivity contribution in [3.8, 4) is 11.8 Å². The SMILES string of the molecule is OCC#CC1=C[C@@H]2CC[C@H](C1)O2. The maximum Gasteiger partial charge on any atom is 0.104 e. The third-order valence-electron chi connectivity index (χ3n) is 2.30. The van der Waals surface area contributed by atoms with Crippen LogP contribution >= 0.6 is 0 Å². The Bertz CT molecular complexity index is 257. The average molecular weight is 164 g/mol. The second-order valence-corrected chi connectivity index (χ2v) is 3.23. The maximum absolute atomic E-state index is 8.51. The molecule has 64 valence electrons. The van der Waals surface area contributed by atoms with E-state index >= 15 is 0 Å². The molecular weight excluding hydrogens is 152 g/mol. The fourth-order valence-electron chi connectivity index (χ4n) is 1.79. The topological polar surface area (TPSA) is 29.5 Å². The fourth-order valence-corrected chi connectivity index (χ4v) is 1.79. The number of fused-ring (bicyclic) bond motifs is 2. The standard InChI is InChI=1S/C10H12O2/c11-5-1-2-8-6-9-3-4-10(7-8)12-9/h6,9-11H,3-5,7H2/t9-,10+/m0/s1. The molecule has 2 heteroatoms. The first-order chi connectivity index (χ1) is 5.88. The minimum absolute atomic E-state index is 0.0481. The predicted molar refractivity (Wildman–Crippen MR) is 45.5 cm³/mol. The molecule has 0 unspecified atom stereocenters. The van der Waals surface area contributed by atoms with E-state index in [1.165, 1.54) is 0 Å². The van der Waals surface area contributed by atoms with Crippen molar-refractivity contribution >= 4 is 0 Å². The van der Waals surface area contributed by atoms with E-state index in [0.29, 0.717) is 12.2 Å². The predicted octanol–water partition coefficient (Wildman–Crippen LogP) is 0.860. The van der Waals surface area contributed by atoms with Crippen molar-refractivity contribution in [3.63, 3.8) is 0 Å². The molecule has 0 aliphatic carbocycles. The number of hydrogen-bond donors (Lipinski definition) is 1. The summed E-state index contributed by atoms with van der Waals surface area (Å²) >= 11 is 0. The van der Waals surface area contributed by atoms with Gasteiger partial charge in [-0.1, -0.05) is 11.8 Å². The highest BCUT2D eigenvalue weighted by Gasteiger charge is 2.28. The van der Waals surface area contributed by atoms with Gasteiger partial charge in [0.25, 0.3) is 0 Å². The van der Waals surface area contributed by atoms with Gasteiger partial charge in [-0.3, -0.25) is 0 Å². The molecule has 2 bridgehead atoms. The number of hydrogen-bond acceptors (Lipinski definition) is 2. The highest BCUT2D eigenvalue weighted by atomic mass is 16.5. The summed E-state index contributed by atoms with van der Waals surface area (Å²) in [7, 11) is 0. The molecule has 0 spiro atoms. The lowest BCUT2D eigenvalue weighted by Crippen LogP contribution is -2.15. The Morgan fingerprint density at radius 3 is 3.25 bits per heavy atom. The van der Waals surface area contributed by atoms with Gasteiger partial charge in [0.15, 0.2) is 0 Å². The van der Waals surface area contributed by atoms with Crippen molar-refractivity contribution in [2.45, 2.75) is 31.5 Å². The van der Waals surface area contributed by atoms with Crippen molar-refractivity contribution in [1.82, 2.24) is 0 Å². The van der Waals surface area contributed by atoms with E-state index in [4.69, 9.17) is 9.84 Å². The van der Waals surface area contributed by atoms with E-state index in [1.54, 1.807) is 0 Å². The first kappa shape index (κ1) is 7.85. The molecule has 2 rings (SSSR count). The van der Waals surface area contributed by atoms with Gasteiger partial charge in [-0.2, -0.15) is 0 Å². The number of aliphatic hydroxyl groups is 1. The van der Waals surface area contributed by atoms with Crippen LogP contribution in [0.3, 0.4) is 0 Å². The lowest BCUT2D eigenvalue weighted by atomic mass is 10.1. The average Bonchev–Trinajstić information content (AvgIpc) is 2.42. The van der Waals surface area contributed by atoms with Crippen LogP contribution in [-0.2, 0) is 4.74 Å². The Kier molecular flexibility index (Phi) is 2.16. The Hall–Kier alpha value is -0.780. The molecule has 2 aliphatic rings. The zero-order valence-corrected chi connectivity index (χ0v) is 6.92. The Morgan fingerprint density at radius 2 is 2.50 bits per heavy atom. The van der Waals surface area contributed by atoms with Gasteiger partial charge in [0.1, 0.15) is 6.61 Å². The molecular formula is C10H12O2. The van der Waals surface area contributed by atoms with Crippen LogP contribution in [-0.4, -0.2) is 23.9 Å². The van der Waals surface area contributed by atoms with Crippen LogP contribution in [0.2, 0.25) is 0 Å². The van der Waals surface area contributed by atoms with Gasteiger partial charge >= 0.3 is 0 Å². The van der Waals surface area contributed by atoms with Crippen LogP contribution in [0.1, 0.15) is 19.3 Å². The van der Waals surface area contributed by atoms with E-state index in [1.807, 2.05) is 0 Å². The van der Waals surface area contributed by atoms with Crippen molar-refractivity contribution in [2.24, 2.45) is 0 Å². The van der Waals surface area contributed by atoms with Crippen LogP contribution in [0.4, 0.5) is 0 Å². The Morgan fingerprint density at radius 1 is 1.58 bits per heavy atom. The van der Waals surface area contributed by atoms with Crippen molar-refractivity contribution in [2.75, 3.05) is 6.61 Å². The highest BCUT2D eigenvalue weighted by molar-refractivity contribution is 5.32. The molecule has 0 aromatic carbocycles. The minimum Gasteiger partial charge on any atom is -0.384 e. The molecule has 0 aromatic heterocycles. The first-order valence-corrected chi connectivity index (χ1v) is 4.34. The molecule has 1 N–H and O–H groups in total. The van der Waals surface area contributed by atoms with Crippen LogP contribution in [0.25, 0.3) is 0 Å². The molecule has 2 aliphatic heterocycles. The van der Waals surface area contributed by atoms with E-state index in [2.05, 4.69) is 17.9 Å². The summed E-state index contributed by atoms with van der Waals surface area (Å²) in [6, 6.07) is 0. The van der Waals surface area contributed by atoms with E-state index in [9.17, 15) is 0 Å². The van der Waals surface area contributed by atoms with E-state index in [-0.39, 0.29) is 6.61 Å². The van der Waals surface area contributed by atoms with Gasteiger partial charge in [-0.15, -0.1) is 0 Å². The normalized spacial score (nSPS) is 32.2. The van der Waals surface area contributed by atoms with Gasteiger partial charge in [0, 0.05) is 12.0 Å². The van der Waals surface area contributed by atoms with Gasteiger partial charge in [0.2, 0.25) is 0 Å². The lowest BCUT2D eigenvalue weighted by molar-refractivity contribution is 0.0621. The van der Waals surface area contributed by atoms with E-state index in [0.717, 1.165) is 24.8 Å². The summed E-state index contributed by atoms with van der Waals surface area (Å²) in [6.07, 6.45) is 6.01. The van der Waals surface area contributed by atoms with E-state index < -0.39 is 0 Å². The summed E-state index contributed by atoms with van der Waals surface area (Å²) in [5, 5.41) is 8.51. The third kappa shape index (κ3) is 1.52. The summed E-state index contributed by atoms with van der Waals surface area (Å²) < 4.78 is 5.60. The third-order valence-corrected chi connectivity index (χ3v) is 2.30. The maximum atomic E-state index is 8.51. The summed E-state index contributed by atoms with van der Waals surface area (Å²) in [6.45, 7) is -0.0481. The molecule has 0 aromatic rings. The molecule has 0 amide bonds. The summed E-state index contributed by atoms with van der Waals surface area (Å²) in [4.78, 5) is 0. The molecule has 1 saturated heterocycles. The number of rotatable bonds is 0. The number of aliphatic hydroxyl groups excluding tert-OH is 1. The molecule has 0 radical (unpaired) electrons. The smallest absolute Gasteiger partial charge is 0.104 e. The van der Waals surface area contributed by atoms with Crippen LogP contribution < -0.4 is 0 Å². The van der Waals surface area contributed by atoms with Crippen molar-refractivity contribution in [1.29, 1.82) is 0 Å².